The minimum Gasteiger partial charge on any atom is -0.364 e. The highest BCUT2D eigenvalue weighted by Gasteiger charge is 2.13. The van der Waals surface area contributed by atoms with Crippen LogP contribution in [0.4, 0.5) is 5.82 Å². The molecule has 0 aromatic carbocycles. The van der Waals surface area contributed by atoms with E-state index >= 15 is 0 Å². The maximum atomic E-state index is 11.3. The smallest absolute Gasteiger partial charge is 0.342 e. The van der Waals surface area contributed by atoms with E-state index in [1.54, 1.807) is 0 Å². The Morgan fingerprint density at radius 1 is 1.44 bits per heavy atom. The van der Waals surface area contributed by atoms with Gasteiger partial charge in [-0.05, 0) is 31.8 Å². The number of hydrogen-bond acceptors (Lipinski definition) is 5. The number of aromatic amines is 2. The molecule has 1 aromatic heterocycles. The number of rotatable bonds is 3. The standard InChI is InChI=1S/C9H15N5O2/c15-8-7(13-14-9(16)12-8)11-5-6-2-1-3-10-4-6/h6,10H,1-5H2,(H,11,13)(H2,12,14,15,16). The summed E-state index contributed by atoms with van der Waals surface area (Å²) in [5.74, 6) is 0.673. The molecule has 7 heteroatoms. The third kappa shape index (κ3) is 2.69. The second-order valence-corrected chi connectivity index (χ2v) is 3.95. The number of aromatic nitrogens is 3. The number of piperidine rings is 1. The number of anilines is 1. The Bertz CT molecular complexity index is 446. The molecule has 0 aliphatic carbocycles. The molecule has 0 spiro atoms. The van der Waals surface area contributed by atoms with Crippen molar-refractivity contribution in [1.82, 2.24) is 20.5 Å². The van der Waals surface area contributed by atoms with Crippen LogP contribution in [0.25, 0.3) is 0 Å². The van der Waals surface area contributed by atoms with E-state index in [0.717, 1.165) is 25.9 Å². The van der Waals surface area contributed by atoms with Crippen molar-refractivity contribution in [2.45, 2.75) is 12.8 Å². The minimum atomic E-state index is -0.588. The molecule has 0 bridgehead atoms. The van der Waals surface area contributed by atoms with Crippen LogP contribution in [0.1, 0.15) is 12.8 Å². The number of nitrogens with one attached hydrogen (secondary N) is 4. The van der Waals surface area contributed by atoms with Crippen molar-refractivity contribution in [2.24, 2.45) is 5.92 Å². The van der Waals surface area contributed by atoms with E-state index in [0.29, 0.717) is 12.5 Å². The van der Waals surface area contributed by atoms with Gasteiger partial charge in [0.15, 0.2) is 0 Å². The van der Waals surface area contributed by atoms with Crippen molar-refractivity contribution in [3.8, 4) is 0 Å². The van der Waals surface area contributed by atoms with E-state index in [-0.39, 0.29) is 5.82 Å². The maximum absolute atomic E-state index is 11.3. The van der Waals surface area contributed by atoms with Crippen LogP contribution in [0.5, 0.6) is 0 Å². The highest BCUT2D eigenvalue weighted by molar-refractivity contribution is 5.28. The molecule has 1 aliphatic rings. The molecular formula is C9H15N5O2. The summed E-state index contributed by atoms with van der Waals surface area (Å²) >= 11 is 0. The molecule has 1 fully saturated rings. The Balaban J connectivity index is 1.93. The maximum Gasteiger partial charge on any atom is 0.342 e. The molecule has 1 atom stereocenters. The van der Waals surface area contributed by atoms with Crippen molar-refractivity contribution in [3.05, 3.63) is 20.8 Å². The minimum absolute atomic E-state index is 0.171. The third-order valence-electron chi connectivity index (χ3n) is 2.67. The molecular weight excluding hydrogens is 210 g/mol. The number of H-pyrrole nitrogens is 2. The zero-order valence-electron chi connectivity index (χ0n) is 8.88. The van der Waals surface area contributed by atoms with Gasteiger partial charge >= 0.3 is 5.69 Å². The van der Waals surface area contributed by atoms with Crippen LogP contribution >= 0.6 is 0 Å². The molecule has 88 valence electrons. The van der Waals surface area contributed by atoms with Gasteiger partial charge in [0.2, 0.25) is 5.82 Å². The molecule has 1 unspecified atom stereocenters. The van der Waals surface area contributed by atoms with Crippen LogP contribution in [0.2, 0.25) is 0 Å². The van der Waals surface area contributed by atoms with Crippen molar-refractivity contribution in [1.29, 1.82) is 0 Å². The summed E-state index contributed by atoms with van der Waals surface area (Å²) in [5.41, 5.74) is -1.07. The fourth-order valence-corrected chi connectivity index (χ4v) is 1.81. The van der Waals surface area contributed by atoms with Gasteiger partial charge < -0.3 is 10.6 Å². The first kappa shape index (κ1) is 10.9. The van der Waals surface area contributed by atoms with Gasteiger partial charge in [0, 0.05) is 6.54 Å². The zero-order chi connectivity index (χ0) is 11.4. The first-order valence-corrected chi connectivity index (χ1v) is 5.39. The second kappa shape index (κ2) is 4.93. The Hall–Kier alpha value is -1.63. The lowest BCUT2D eigenvalue weighted by Crippen LogP contribution is -2.35. The quantitative estimate of drug-likeness (QED) is 0.521. The largest absolute Gasteiger partial charge is 0.364 e. The average molecular weight is 225 g/mol. The molecule has 1 aromatic rings. The lowest BCUT2D eigenvalue weighted by atomic mass is 10.00. The molecule has 2 rings (SSSR count). The van der Waals surface area contributed by atoms with Gasteiger partial charge in [-0.2, -0.15) is 0 Å². The van der Waals surface area contributed by atoms with Gasteiger partial charge in [0.05, 0.1) is 0 Å². The monoisotopic (exact) mass is 225 g/mol. The van der Waals surface area contributed by atoms with E-state index < -0.39 is 11.2 Å². The summed E-state index contributed by atoms with van der Waals surface area (Å²) in [6.45, 7) is 2.71. The predicted octanol–water partition coefficient (Wildman–Crippen LogP) is -1.13. The van der Waals surface area contributed by atoms with Gasteiger partial charge in [-0.25, -0.2) is 9.89 Å². The number of nitrogens with zero attached hydrogens (tertiary/aromatic N) is 1. The average Bonchev–Trinajstić information content (AvgIpc) is 2.29. The van der Waals surface area contributed by atoms with Crippen molar-refractivity contribution in [3.63, 3.8) is 0 Å². The van der Waals surface area contributed by atoms with E-state index in [1.165, 1.54) is 0 Å². The highest BCUT2D eigenvalue weighted by atomic mass is 16.2. The molecule has 2 heterocycles. The lowest BCUT2D eigenvalue weighted by molar-refractivity contribution is 0.392. The normalized spacial score (nSPS) is 20.6. The van der Waals surface area contributed by atoms with Gasteiger partial charge in [-0.3, -0.25) is 9.78 Å². The third-order valence-corrected chi connectivity index (χ3v) is 2.67. The summed E-state index contributed by atoms with van der Waals surface area (Å²) in [4.78, 5) is 24.2. The van der Waals surface area contributed by atoms with Crippen LogP contribution in [0.3, 0.4) is 0 Å². The molecule has 16 heavy (non-hydrogen) atoms. The van der Waals surface area contributed by atoms with Gasteiger partial charge in [0.25, 0.3) is 5.56 Å². The first-order chi connectivity index (χ1) is 7.75. The summed E-state index contributed by atoms with van der Waals surface area (Å²) < 4.78 is 0. The van der Waals surface area contributed by atoms with Crippen molar-refractivity contribution in [2.75, 3.05) is 25.0 Å². The molecule has 0 saturated carbocycles. The summed E-state index contributed by atoms with van der Waals surface area (Å²) in [5, 5.41) is 12.1. The Morgan fingerprint density at radius 2 is 2.31 bits per heavy atom. The van der Waals surface area contributed by atoms with Crippen LogP contribution in [-0.2, 0) is 0 Å². The first-order valence-electron chi connectivity index (χ1n) is 5.39. The van der Waals surface area contributed by atoms with Crippen LogP contribution in [-0.4, -0.2) is 34.8 Å². The predicted molar refractivity (Wildman–Crippen MR) is 59.6 cm³/mol. The summed E-state index contributed by atoms with van der Waals surface area (Å²) in [6.07, 6.45) is 2.29. The fourth-order valence-electron chi connectivity index (χ4n) is 1.81. The Kier molecular flexibility index (Phi) is 3.35. The van der Waals surface area contributed by atoms with E-state index in [9.17, 15) is 9.59 Å². The molecule has 1 saturated heterocycles. The topological polar surface area (TPSA) is 103 Å². The summed E-state index contributed by atoms with van der Waals surface area (Å²) in [7, 11) is 0. The fraction of sp³-hybridized carbons (Fsp3) is 0.667. The van der Waals surface area contributed by atoms with Gasteiger partial charge in [-0.15, -0.1) is 5.10 Å². The Labute approximate surface area is 91.7 Å². The molecule has 4 N–H and O–H groups in total. The van der Waals surface area contributed by atoms with Crippen LogP contribution in [0.15, 0.2) is 9.59 Å². The Morgan fingerprint density at radius 3 is 3.00 bits per heavy atom. The van der Waals surface area contributed by atoms with Crippen molar-refractivity contribution >= 4 is 5.82 Å². The highest BCUT2D eigenvalue weighted by Crippen LogP contribution is 2.09. The van der Waals surface area contributed by atoms with Crippen molar-refractivity contribution < 1.29 is 0 Å². The van der Waals surface area contributed by atoms with E-state index in [1.807, 2.05) is 0 Å². The van der Waals surface area contributed by atoms with Crippen LogP contribution < -0.4 is 21.9 Å². The van der Waals surface area contributed by atoms with Crippen LogP contribution in [0, 0.1) is 5.92 Å². The number of hydrogen-bond donors (Lipinski definition) is 4. The van der Waals surface area contributed by atoms with Gasteiger partial charge in [0.1, 0.15) is 0 Å². The van der Waals surface area contributed by atoms with E-state index in [2.05, 4.69) is 25.8 Å². The molecule has 7 nitrogen and oxygen atoms in total. The molecule has 1 aliphatic heterocycles. The SMILES string of the molecule is O=c1[nH]nc(NCC2CCCNC2)c(=O)[nH]1. The summed E-state index contributed by atoms with van der Waals surface area (Å²) in [6, 6.07) is 0. The zero-order valence-corrected chi connectivity index (χ0v) is 8.88. The van der Waals surface area contributed by atoms with Gasteiger partial charge in [-0.1, -0.05) is 0 Å². The second-order valence-electron chi connectivity index (χ2n) is 3.95. The van der Waals surface area contributed by atoms with E-state index in [4.69, 9.17) is 0 Å². The lowest BCUT2D eigenvalue weighted by Gasteiger charge is -2.22. The molecule has 0 radical (unpaired) electrons. The molecule has 0 amide bonds.